The Hall–Kier alpha value is -1.94. The number of carbonyl (C=O) groups is 2. The largest absolute Gasteiger partial charge is 0.378 e. The van der Waals surface area contributed by atoms with Crippen LogP contribution < -0.4 is 5.32 Å². The Kier molecular flexibility index (Phi) is 6.76. The van der Waals surface area contributed by atoms with Crippen LogP contribution >= 0.6 is 11.6 Å². The quantitative estimate of drug-likeness (QED) is 0.741. The Balaban J connectivity index is 2.07. The average molecular weight is 402 g/mol. The fourth-order valence-electron chi connectivity index (χ4n) is 2.20. The third kappa shape index (κ3) is 5.04. The molecule has 1 N–H and O–H groups in total. The Morgan fingerprint density at radius 3 is 2.50 bits per heavy atom. The lowest BCUT2D eigenvalue weighted by molar-refractivity contribution is -0.130. The van der Waals surface area contributed by atoms with Crippen LogP contribution in [0.25, 0.3) is 0 Å². The molecule has 26 heavy (non-hydrogen) atoms. The van der Waals surface area contributed by atoms with E-state index in [1.807, 2.05) is 0 Å². The van der Waals surface area contributed by atoms with Crippen LogP contribution in [-0.4, -0.2) is 69.8 Å². The van der Waals surface area contributed by atoms with Gasteiger partial charge in [0.05, 0.1) is 18.2 Å². The molecule has 0 saturated carbocycles. The summed E-state index contributed by atoms with van der Waals surface area (Å²) in [6.45, 7) is 1.90. The van der Waals surface area contributed by atoms with E-state index >= 15 is 0 Å². The maximum Gasteiger partial charge on any atom is 0.248 e. The maximum absolute atomic E-state index is 12.2. The van der Waals surface area contributed by atoms with Crippen molar-refractivity contribution in [3.63, 3.8) is 0 Å². The van der Waals surface area contributed by atoms with Gasteiger partial charge in [-0.25, -0.2) is 12.7 Å². The monoisotopic (exact) mass is 401 g/mol. The van der Waals surface area contributed by atoms with Gasteiger partial charge in [0.15, 0.2) is 0 Å². The number of carbonyl (C=O) groups excluding carboxylic acids is 2. The first-order valence-corrected chi connectivity index (χ1v) is 9.61. The molecule has 1 heterocycles. The lowest BCUT2D eigenvalue weighted by Gasteiger charge is -2.25. The van der Waals surface area contributed by atoms with Gasteiger partial charge in [0, 0.05) is 45.0 Å². The summed E-state index contributed by atoms with van der Waals surface area (Å²) in [6, 6.07) is 4.13. The van der Waals surface area contributed by atoms with E-state index in [1.165, 1.54) is 38.4 Å². The molecule has 1 fully saturated rings. The van der Waals surface area contributed by atoms with Gasteiger partial charge < -0.3 is 15.0 Å². The number of rotatable bonds is 5. The maximum atomic E-state index is 12.2. The minimum Gasteiger partial charge on any atom is -0.378 e. The molecule has 2 rings (SSSR count). The summed E-state index contributed by atoms with van der Waals surface area (Å²) < 4.78 is 30.7. The van der Waals surface area contributed by atoms with Crippen molar-refractivity contribution in [3.8, 4) is 0 Å². The molecule has 0 aliphatic carbocycles. The minimum absolute atomic E-state index is 0.0507. The van der Waals surface area contributed by atoms with E-state index < -0.39 is 15.9 Å². The van der Waals surface area contributed by atoms with E-state index in [9.17, 15) is 18.0 Å². The molecule has 2 amide bonds. The number of benzene rings is 1. The summed E-state index contributed by atoms with van der Waals surface area (Å²) in [7, 11) is -0.975. The highest BCUT2D eigenvalue weighted by Gasteiger charge is 2.21. The van der Waals surface area contributed by atoms with Gasteiger partial charge in [0.1, 0.15) is 4.90 Å². The molecule has 1 aliphatic heterocycles. The molecule has 1 aromatic carbocycles. The third-order valence-corrected chi connectivity index (χ3v) is 5.95. The molecule has 0 radical (unpaired) electrons. The number of nitrogens with one attached hydrogen (secondary N) is 1. The summed E-state index contributed by atoms with van der Waals surface area (Å²) in [5.41, 5.74) is 0.253. The number of morpholine rings is 1. The van der Waals surface area contributed by atoms with Gasteiger partial charge in [0.2, 0.25) is 21.8 Å². The van der Waals surface area contributed by atoms with Crippen molar-refractivity contribution in [1.29, 1.82) is 0 Å². The van der Waals surface area contributed by atoms with E-state index in [2.05, 4.69) is 5.32 Å². The number of ether oxygens (including phenoxy) is 1. The minimum atomic E-state index is -3.75. The van der Waals surface area contributed by atoms with Gasteiger partial charge in [-0.05, 0) is 18.2 Å². The van der Waals surface area contributed by atoms with Crippen LogP contribution in [0.4, 0.5) is 5.69 Å². The van der Waals surface area contributed by atoms with Crippen molar-refractivity contribution in [2.45, 2.75) is 4.90 Å². The summed E-state index contributed by atoms with van der Waals surface area (Å²) in [5, 5.41) is 2.57. The number of hydrogen-bond donors (Lipinski definition) is 1. The van der Waals surface area contributed by atoms with Crippen LogP contribution in [0.5, 0.6) is 0 Å². The molecule has 8 nitrogen and oxygen atoms in total. The number of nitrogens with zero attached hydrogens (tertiary/aromatic N) is 2. The van der Waals surface area contributed by atoms with E-state index in [-0.39, 0.29) is 21.5 Å². The van der Waals surface area contributed by atoms with E-state index in [0.29, 0.717) is 26.3 Å². The fourth-order valence-corrected chi connectivity index (χ4v) is 3.59. The molecule has 0 aromatic heterocycles. The Bertz CT molecular complexity index is 817. The normalized spacial score (nSPS) is 15.5. The van der Waals surface area contributed by atoms with Crippen molar-refractivity contribution in [2.24, 2.45) is 0 Å². The Morgan fingerprint density at radius 2 is 1.88 bits per heavy atom. The first-order valence-electron chi connectivity index (χ1n) is 7.79. The zero-order valence-corrected chi connectivity index (χ0v) is 16.0. The summed E-state index contributed by atoms with van der Waals surface area (Å²) >= 11 is 5.96. The molecule has 0 bridgehead atoms. The molecular formula is C16H20ClN3O5S. The van der Waals surface area contributed by atoms with Crippen LogP contribution in [0, 0.1) is 0 Å². The van der Waals surface area contributed by atoms with Crippen LogP contribution in [0.2, 0.25) is 5.02 Å². The highest BCUT2D eigenvalue weighted by molar-refractivity contribution is 7.89. The average Bonchev–Trinajstić information content (AvgIpc) is 2.61. The number of sulfonamides is 1. The lowest BCUT2D eigenvalue weighted by atomic mass is 10.3. The number of halogens is 1. The molecule has 0 unspecified atom stereocenters. The van der Waals surface area contributed by atoms with E-state index in [1.54, 1.807) is 4.90 Å². The van der Waals surface area contributed by atoms with Crippen molar-refractivity contribution in [3.05, 3.63) is 35.4 Å². The van der Waals surface area contributed by atoms with Crippen molar-refractivity contribution < 1.29 is 22.7 Å². The highest BCUT2D eigenvalue weighted by atomic mass is 35.5. The molecule has 0 atom stereocenters. The second-order valence-electron chi connectivity index (χ2n) is 5.69. The third-order valence-electron chi connectivity index (χ3n) is 3.66. The Labute approximate surface area is 157 Å². The predicted octanol–water partition coefficient (Wildman–Crippen LogP) is 0.944. The van der Waals surface area contributed by atoms with Crippen LogP contribution in [0.1, 0.15) is 0 Å². The summed E-state index contributed by atoms with van der Waals surface area (Å²) in [6.07, 6.45) is 2.28. The van der Waals surface area contributed by atoms with Gasteiger partial charge in [-0.3, -0.25) is 9.59 Å². The van der Waals surface area contributed by atoms with Crippen LogP contribution in [-0.2, 0) is 24.3 Å². The first kappa shape index (κ1) is 20.4. The number of hydrogen-bond acceptors (Lipinski definition) is 5. The van der Waals surface area contributed by atoms with Gasteiger partial charge in [0.25, 0.3) is 0 Å². The molecule has 1 saturated heterocycles. The first-order chi connectivity index (χ1) is 12.2. The van der Waals surface area contributed by atoms with E-state index in [4.69, 9.17) is 16.3 Å². The molecule has 10 heteroatoms. The van der Waals surface area contributed by atoms with Gasteiger partial charge in [-0.1, -0.05) is 11.6 Å². The van der Waals surface area contributed by atoms with Crippen molar-refractivity contribution in [2.75, 3.05) is 45.7 Å². The van der Waals surface area contributed by atoms with Gasteiger partial charge >= 0.3 is 0 Å². The van der Waals surface area contributed by atoms with Crippen molar-refractivity contribution in [1.82, 2.24) is 9.21 Å². The topological polar surface area (TPSA) is 96.0 Å². The zero-order chi connectivity index (χ0) is 19.3. The Morgan fingerprint density at radius 1 is 1.23 bits per heavy atom. The van der Waals surface area contributed by atoms with Gasteiger partial charge in [-0.2, -0.15) is 0 Å². The van der Waals surface area contributed by atoms with Crippen LogP contribution in [0.3, 0.4) is 0 Å². The molecule has 142 valence electrons. The zero-order valence-electron chi connectivity index (χ0n) is 14.4. The highest BCUT2D eigenvalue weighted by Crippen LogP contribution is 2.26. The molecule has 1 aliphatic rings. The SMILES string of the molecule is CN(C)S(=O)(=O)c1cc(NC(=O)C=CC(=O)N2CCOCC2)ccc1Cl. The van der Waals surface area contributed by atoms with Crippen LogP contribution in [0.15, 0.2) is 35.2 Å². The summed E-state index contributed by atoms with van der Waals surface area (Å²) in [4.78, 5) is 25.4. The van der Waals surface area contributed by atoms with E-state index in [0.717, 1.165) is 10.4 Å². The second-order valence-corrected chi connectivity index (χ2v) is 8.22. The standard InChI is InChI=1S/C16H20ClN3O5S/c1-19(2)26(23,24)14-11-12(3-4-13(14)17)18-15(21)5-6-16(22)20-7-9-25-10-8-20/h3-6,11H,7-10H2,1-2H3,(H,18,21). The molecule has 1 aromatic rings. The molecular weight excluding hydrogens is 382 g/mol. The summed E-state index contributed by atoms with van der Waals surface area (Å²) in [5.74, 6) is -0.836. The number of anilines is 1. The predicted molar refractivity (Wildman–Crippen MR) is 97.5 cm³/mol. The van der Waals surface area contributed by atoms with Gasteiger partial charge in [-0.15, -0.1) is 0 Å². The smallest absolute Gasteiger partial charge is 0.248 e. The second kappa shape index (κ2) is 8.63. The molecule has 0 spiro atoms. The fraction of sp³-hybridized carbons (Fsp3) is 0.375. The number of amides is 2. The van der Waals surface area contributed by atoms with Crippen molar-refractivity contribution >= 4 is 39.1 Å². The lowest BCUT2D eigenvalue weighted by Crippen LogP contribution is -2.39.